The summed E-state index contributed by atoms with van der Waals surface area (Å²) in [4.78, 5) is 0. The van der Waals surface area contributed by atoms with Gasteiger partial charge < -0.3 is 104 Å². The molecule has 0 saturated heterocycles. The fraction of sp³-hybridized carbons (Fsp3) is 0. The van der Waals surface area contributed by atoms with Gasteiger partial charge in [-0.15, -0.1) is 0 Å². The second-order valence-corrected chi connectivity index (χ2v) is 44.3. The van der Waals surface area contributed by atoms with Gasteiger partial charge in [0.25, 0.3) is 0 Å². The average molecular weight is 2740 g/mol. The SMILES string of the molecule is O=P(c1ccccc1)(c1ccccc1)c1ccccc1.O=P(c1ccccc1)(c1ccccc1)c1ccccc1.O=P(c1ccccc1)(c1ccccc1)c1ccccc1.O=P(c1ccccc1)(c1ccccc1)c1ccccc1.O=P(c1ccccc1)(c1ccccc1)c1ccccc1.O=P(c1ccccc1)(c1ccccc1)c1ccccc1.[O-2].[O-2].[O-2].[O-2].[O-2].[O-2].[O-2].[O-2].[O-2].[O-2].[O-2].[O-2].[O-][O-].[Re].[Re].[U].[U]. The number of benzene rings is 18. The van der Waals surface area contributed by atoms with Crippen LogP contribution >= 0.6 is 42.9 Å². The average Bonchev–Trinajstić information content (AvgIpc) is 0.801. The summed E-state index contributed by atoms with van der Waals surface area (Å²) in [6, 6.07) is 175. The van der Waals surface area contributed by atoms with Crippen LogP contribution in [0.25, 0.3) is 0 Å². The fourth-order valence-electron chi connectivity index (χ4n) is 14.2. The van der Waals surface area contributed by atoms with Crippen molar-refractivity contribution in [2.75, 3.05) is 0 Å². The van der Waals surface area contributed by atoms with E-state index in [1.165, 1.54) is 0 Å². The van der Waals surface area contributed by atoms with E-state index >= 15 is 0 Å². The molecule has 138 heavy (non-hydrogen) atoms. The van der Waals surface area contributed by atoms with Crippen molar-refractivity contribution in [3.05, 3.63) is 546 Å². The predicted octanol–water partition coefficient (Wildman–Crippen LogP) is 16.1. The van der Waals surface area contributed by atoms with Gasteiger partial charge in [0.15, 0.2) is 42.9 Å². The first-order valence-corrected chi connectivity index (χ1v) is 49.9. The molecule has 20 nitrogen and oxygen atoms in total. The molecule has 0 saturated carbocycles. The summed E-state index contributed by atoms with van der Waals surface area (Å²) < 4.78 is 82.9. The summed E-state index contributed by atoms with van der Waals surface area (Å²) in [6.45, 7) is 0. The molecule has 2 radical (unpaired) electrons. The van der Waals surface area contributed by atoms with Gasteiger partial charge in [-0.2, -0.15) is 0 Å². The minimum atomic E-state index is -2.78. The van der Waals surface area contributed by atoms with Crippen molar-refractivity contribution in [1.29, 1.82) is 0 Å². The van der Waals surface area contributed by atoms with E-state index in [0.29, 0.717) is 0 Å². The molecule has 0 spiro atoms. The van der Waals surface area contributed by atoms with Gasteiger partial charge in [-0.3, -0.25) is 0 Å². The van der Waals surface area contributed by atoms with Crippen molar-refractivity contribution < 1.29 is 207 Å². The van der Waals surface area contributed by atoms with Gasteiger partial charge in [0.2, 0.25) is 0 Å². The molecule has 0 aliphatic carbocycles. The Labute approximate surface area is 882 Å². The molecular formula is C108H90O20P6Re2U2-26. The van der Waals surface area contributed by atoms with E-state index in [4.69, 9.17) is 10.5 Å². The summed E-state index contributed by atoms with van der Waals surface area (Å²) in [7, 11) is -16.7. The molecule has 0 aromatic heterocycles. The van der Waals surface area contributed by atoms with Crippen LogP contribution in [0.15, 0.2) is 546 Å². The van der Waals surface area contributed by atoms with Gasteiger partial charge >= 0.3 is 0 Å². The van der Waals surface area contributed by atoms with Crippen LogP contribution in [0.4, 0.5) is 0 Å². The summed E-state index contributed by atoms with van der Waals surface area (Å²) in [6.07, 6.45) is 0. The van der Waals surface area contributed by atoms with E-state index in [9.17, 15) is 27.4 Å². The van der Waals surface area contributed by atoms with Crippen LogP contribution in [0, 0.1) is 62.2 Å². The molecule has 0 N–H and O–H groups in total. The second kappa shape index (κ2) is 69.9. The Hall–Kier alpha value is -9.79. The van der Waals surface area contributed by atoms with Crippen molar-refractivity contribution in [1.82, 2.24) is 0 Å². The van der Waals surface area contributed by atoms with Crippen molar-refractivity contribution in [3.8, 4) is 0 Å². The van der Waals surface area contributed by atoms with E-state index in [0.717, 1.165) is 95.5 Å². The first-order chi connectivity index (χ1) is 59.9. The second-order valence-electron chi connectivity index (χ2n) is 27.7. The molecule has 0 bridgehead atoms. The van der Waals surface area contributed by atoms with Crippen LogP contribution in [0.3, 0.4) is 0 Å². The third kappa shape index (κ3) is 33.7. The molecule has 30 heteroatoms. The van der Waals surface area contributed by atoms with Crippen LogP contribution in [-0.4, -0.2) is 0 Å². The quantitative estimate of drug-likeness (QED) is 0.0450. The molecule has 0 aliphatic heterocycles. The molecule has 0 heterocycles. The van der Waals surface area contributed by atoms with Crippen molar-refractivity contribution in [2.45, 2.75) is 0 Å². The van der Waals surface area contributed by atoms with Gasteiger partial charge in [0.05, 0.1) is 0 Å². The van der Waals surface area contributed by atoms with Gasteiger partial charge in [0.1, 0.15) is 0 Å². The van der Waals surface area contributed by atoms with Gasteiger partial charge in [-0.25, -0.2) is 0 Å². The van der Waals surface area contributed by atoms with Crippen molar-refractivity contribution in [2.24, 2.45) is 0 Å². The fourth-order valence-corrected chi connectivity index (χ4v) is 30.2. The molecule has 18 aromatic rings. The molecule has 0 amide bonds. The maximum atomic E-state index is 13.8. The van der Waals surface area contributed by atoms with Gasteiger partial charge in [0, 0.05) is 199 Å². The molecule has 0 atom stereocenters. The Morgan fingerprint density at radius 1 is 0.101 bits per heavy atom. The van der Waals surface area contributed by atoms with E-state index in [-0.39, 0.29) is 169 Å². The standard InChI is InChI=1S/6C18H15OP.O2.12O.2Re.2U/c6*19-20(16-10-4-1-5-11-16,17-12-6-2-7-13-17)18-14-8-3-9-15-18;1-2;;;;;;;;;;;;;;;;/h6*1-15H;;;;;;;;;;;;;;;;;/q;;;;;;13*-2;;;;. The minimum absolute atomic E-state index is 0. The van der Waals surface area contributed by atoms with Crippen LogP contribution in [-0.2, 0) is 134 Å². The zero-order valence-electron chi connectivity index (χ0n) is 73.6. The molecule has 720 valence electrons. The smallest absolute Gasteiger partial charge is 0.171 e. The zero-order valence-corrected chi connectivity index (χ0v) is 92.7. The Bertz CT molecular complexity index is 4810. The predicted molar refractivity (Wildman–Crippen MR) is 523 cm³/mol. The van der Waals surface area contributed by atoms with E-state index in [1.807, 2.05) is 546 Å². The Kier molecular flexibility index (Phi) is 69.3. The molecule has 18 aromatic carbocycles. The first-order valence-electron chi connectivity index (χ1n) is 39.7. The normalized spacial score (nSPS) is 9.78. The van der Waals surface area contributed by atoms with E-state index in [1.54, 1.807) is 0 Å². The minimum Gasteiger partial charge on any atom is -2.00 e. The number of rotatable bonds is 18. The molecule has 0 unspecified atom stereocenters. The molecule has 0 fully saturated rings. The molecule has 18 rings (SSSR count). The Morgan fingerprint density at radius 2 is 0.138 bits per heavy atom. The van der Waals surface area contributed by atoms with Crippen LogP contribution in [0.5, 0.6) is 0 Å². The van der Waals surface area contributed by atoms with E-state index < -0.39 is 42.9 Å². The largest absolute Gasteiger partial charge is 2.00 e. The monoisotopic (exact) mass is 2740 g/mol. The Morgan fingerprint density at radius 3 is 0.174 bits per heavy atom. The van der Waals surface area contributed by atoms with Crippen LogP contribution in [0.1, 0.15) is 0 Å². The van der Waals surface area contributed by atoms with Crippen molar-refractivity contribution in [3.63, 3.8) is 0 Å². The third-order valence-corrected chi connectivity index (χ3v) is 38.6. The van der Waals surface area contributed by atoms with Crippen LogP contribution < -0.4 is 106 Å². The summed E-state index contributed by atoms with van der Waals surface area (Å²) in [5, 5.41) is 29.7. The van der Waals surface area contributed by atoms with Crippen molar-refractivity contribution >= 4 is 138 Å². The third-order valence-electron chi connectivity index (χ3n) is 20.2. The summed E-state index contributed by atoms with van der Waals surface area (Å²) >= 11 is 0. The maximum Gasteiger partial charge on any atom is 0.171 e. The van der Waals surface area contributed by atoms with Gasteiger partial charge in [-0.05, 0) is 0 Å². The Balaban J connectivity index is -0.000000499. The zero-order chi connectivity index (χ0) is 85.0. The van der Waals surface area contributed by atoms with E-state index in [2.05, 4.69) is 0 Å². The first kappa shape index (κ1) is 137. The maximum absolute atomic E-state index is 13.8. The number of hydrogen-bond donors (Lipinski definition) is 0. The summed E-state index contributed by atoms with van der Waals surface area (Å²) in [5.74, 6) is 0. The van der Waals surface area contributed by atoms with Crippen LogP contribution in [0.2, 0.25) is 0 Å². The molecular weight excluding hydrogens is 2650 g/mol. The molecule has 0 aliphatic rings. The topological polar surface area (TPSA) is 491 Å². The summed E-state index contributed by atoms with van der Waals surface area (Å²) in [5.41, 5.74) is 0. The van der Waals surface area contributed by atoms with Gasteiger partial charge in [-0.1, -0.05) is 546 Å². The number of hydrogen-bond acceptors (Lipinski definition) is 8.